The molecule has 0 spiro atoms. The van der Waals surface area contributed by atoms with E-state index in [1.807, 2.05) is 12.1 Å². The van der Waals surface area contributed by atoms with Crippen LogP contribution in [0.5, 0.6) is 0 Å². The van der Waals surface area contributed by atoms with Gasteiger partial charge in [0.1, 0.15) is 6.04 Å². The lowest BCUT2D eigenvalue weighted by Crippen LogP contribution is -2.40. The van der Waals surface area contributed by atoms with E-state index in [2.05, 4.69) is 0 Å². The lowest BCUT2D eigenvalue weighted by molar-refractivity contribution is -0.141. The first-order valence-corrected chi connectivity index (χ1v) is 7.78. The highest BCUT2D eigenvalue weighted by Gasteiger charge is 2.24. The fraction of sp³-hybridized carbons (Fsp3) is 0.529. The van der Waals surface area contributed by atoms with Gasteiger partial charge in [-0.3, -0.25) is 4.79 Å². The van der Waals surface area contributed by atoms with E-state index < -0.39 is 12.0 Å². The summed E-state index contributed by atoms with van der Waals surface area (Å²) in [7, 11) is 1.50. The van der Waals surface area contributed by atoms with Gasteiger partial charge in [0.15, 0.2) is 0 Å². The van der Waals surface area contributed by atoms with Crippen LogP contribution < -0.4 is 0 Å². The summed E-state index contributed by atoms with van der Waals surface area (Å²) < 4.78 is 11.2. The third-order valence-corrected chi connectivity index (χ3v) is 4.15. The van der Waals surface area contributed by atoms with Gasteiger partial charge in [0.2, 0.25) is 0 Å². The molecule has 1 heterocycles. The minimum absolute atomic E-state index is 0.141. The number of nitrogens with zero attached hydrogens (tertiary/aromatic N) is 1. The molecule has 1 aliphatic heterocycles. The summed E-state index contributed by atoms with van der Waals surface area (Å²) in [5.41, 5.74) is 1.25. The Bertz CT molecular complexity index is 554. The summed E-state index contributed by atoms with van der Waals surface area (Å²) in [5, 5.41) is 9.06. The summed E-state index contributed by atoms with van der Waals surface area (Å²) in [5.74, 6) is -1.34. The Morgan fingerprint density at radius 1 is 1.35 bits per heavy atom. The van der Waals surface area contributed by atoms with Crippen molar-refractivity contribution >= 4 is 11.9 Å². The van der Waals surface area contributed by atoms with Gasteiger partial charge in [-0.1, -0.05) is 18.2 Å². The molecule has 0 bridgehead atoms. The van der Waals surface area contributed by atoms with Gasteiger partial charge in [0.25, 0.3) is 5.91 Å². The molecule has 0 saturated carbocycles. The third kappa shape index (κ3) is 4.53. The topological polar surface area (TPSA) is 76.1 Å². The van der Waals surface area contributed by atoms with Gasteiger partial charge in [-0.2, -0.15) is 0 Å². The van der Waals surface area contributed by atoms with Crippen molar-refractivity contribution in [3.05, 3.63) is 35.4 Å². The molecule has 6 nitrogen and oxygen atoms in total. The Labute approximate surface area is 136 Å². The normalized spacial score (nSPS) is 16.8. The Balaban J connectivity index is 2.07. The van der Waals surface area contributed by atoms with E-state index in [9.17, 15) is 9.59 Å². The van der Waals surface area contributed by atoms with E-state index in [1.165, 1.54) is 18.9 Å². The molecule has 1 saturated heterocycles. The zero-order valence-corrected chi connectivity index (χ0v) is 13.5. The molecule has 1 N–H and O–H groups in total. The monoisotopic (exact) mass is 321 g/mol. The highest BCUT2D eigenvalue weighted by atomic mass is 16.5. The molecule has 2 rings (SSSR count). The molecule has 23 heavy (non-hydrogen) atoms. The number of likely N-dealkylation sites (N-methyl/N-ethyl adjacent to an activating group) is 1. The first-order valence-electron chi connectivity index (χ1n) is 7.78. The Morgan fingerprint density at radius 2 is 2.00 bits per heavy atom. The zero-order valence-electron chi connectivity index (χ0n) is 13.5. The molecule has 1 fully saturated rings. The maximum Gasteiger partial charge on any atom is 0.326 e. The van der Waals surface area contributed by atoms with Crippen molar-refractivity contribution in [2.24, 2.45) is 0 Å². The first-order chi connectivity index (χ1) is 11.0. The predicted molar refractivity (Wildman–Crippen MR) is 84.3 cm³/mol. The number of hydrogen-bond acceptors (Lipinski definition) is 4. The fourth-order valence-corrected chi connectivity index (χ4v) is 2.44. The summed E-state index contributed by atoms with van der Waals surface area (Å²) in [6.07, 6.45) is 1.85. The van der Waals surface area contributed by atoms with Crippen molar-refractivity contribution in [2.75, 3.05) is 20.3 Å². The lowest BCUT2D eigenvalue weighted by Gasteiger charge is -2.24. The highest BCUT2D eigenvalue weighted by Crippen LogP contribution is 2.17. The van der Waals surface area contributed by atoms with E-state index in [0.717, 1.165) is 18.4 Å². The molecular weight excluding hydrogens is 298 g/mol. The van der Waals surface area contributed by atoms with Crippen molar-refractivity contribution in [2.45, 2.75) is 38.5 Å². The van der Waals surface area contributed by atoms with Crippen molar-refractivity contribution in [1.82, 2.24) is 4.90 Å². The molecule has 0 aliphatic carbocycles. The molecule has 1 aliphatic rings. The van der Waals surface area contributed by atoms with E-state index in [1.54, 1.807) is 12.1 Å². The number of ether oxygens (including phenoxy) is 2. The van der Waals surface area contributed by atoms with Crippen molar-refractivity contribution in [3.63, 3.8) is 0 Å². The van der Waals surface area contributed by atoms with Crippen LogP contribution in [0, 0.1) is 0 Å². The number of carboxylic acids is 1. The number of carboxylic acid groups (broad SMARTS) is 1. The molecule has 6 heteroatoms. The van der Waals surface area contributed by atoms with Crippen molar-refractivity contribution < 1.29 is 24.2 Å². The summed E-state index contributed by atoms with van der Waals surface area (Å²) in [6.45, 7) is 3.22. The number of amides is 1. The standard InChI is InChI=1S/C17H23NO5/c1-12(17(20)21)18(2)16(19)15-6-4-3-5-13(15)11-23-14-7-9-22-10-8-14/h3-6,12,14H,7-11H2,1-2H3,(H,20,21)/t12-/m0/s1. The average Bonchev–Trinajstić information content (AvgIpc) is 2.59. The quantitative estimate of drug-likeness (QED) is 0.866. The van der Waals surface area contributed by atoms with Gasteiger partial charge in [0, 0.05) is 25.8 Å². The number of carbonyl (C=O) groups is 2. The van der Waals surface area contributed by atoms with Crippen LogP contribution >= 0.6 is 0 Å². The lowest BCUT2D eigenvalue weighted by atomic mass is 10.1. The van der Waals surface area contributed by atoms with Crippen LogP contribution in [0.2, 0.25) is 0 Å². The second-order valence-corrected chi connectivity index (χ2v) is 5.71. The largest absolute Gasteiger partial charge is 0.480 e. The molecule has 1 aromatic carbocycles. The summed E-state index contributed by atoms with van der Waals surface area (Å²) >= 11 is 0. The van der Waals surface area contributed by atoms with Crippen LogP contribution in [0.3, 0.4) is 0 Å². The van der Waals surface area contributed by atoms with E-state index in [4.69, 9.17) is 14.6 Å². The SMILES string of the molecule is C[C@@H](C(=O)O)N(C)C(=O)c1ccccc1COC1CCOCC1. The smallest absolute Gasteiger partial charge is 0.326 e. The van der Waals surface area contributed by atoms with Gasteiger partial charge < -0.3 is 19.5 Å². The molecule has 1 aromatic rings. The molecule has 0 radical (unpaired) electrons. The third-order valence-electron chi connectivity index (χ3n) is 4.15. The van der Waals surface area contributed by atoms with E-state index >= 15 is 0 Å². The minimum Gasteiger partial charge on any atom is -0.480 e. The number of benzene rings is 1. The van der Waals surface area contributed by atoms with Crippen LogP contribution in [0.15, 0.2) is 24.3 Å². The zero-order chi connectivity index (χ0) is 16.8. The van der Waals surface area contributed by atoms with Gasteiger partial charge in [-0.25, -0.2) is 4.79 Å². The maximum absolute atomic E-state index is 12.5. The van der Waals surface area contributed by atoms with Crippen LogP contribution in [0.4, 0.5) is 0 Å². The highest BCUT2D eigenvalue weighted by molar-refractivity contribution is 5.97. The van der Waals surface area contributed by atoms with Gasteiger partial charge >= 0.3 is 5.97 Å². The molecule has 1 atom stereocenters. The number of hydrogen-bond donors (Lipinski definition) is 1. The minimum atomic E-state index is -1.03. The Hall–Kier alpha value is -1.92. The van der Waals surface area contributed by atoms with E-state index in [0.29, 0.717) is 25.4 Å². The molecular formula is C17H23NO5. The Morgan fingerprint density at radius 3 is 2.65 bits per heavy atom. The average molecular weight is 321 g/mol. The fourth-order valence-electron chi connectivity index (χ4n) is 2.44. The summed E-state index contributed by atoms with van der Waals surface area (Å²) in [4.78, 5) is 24.8. The maximum atomic E-state index is 12.5. The van der Waals surface area contributed by atoms with Crippen LogP contribution in [0.25, 0.3) is 0 Å². The van der Waals surface area contributed by atoms with Gasteiger partial charge in [-0.15, -0.1) is 0 Å². The first kappa shape index (κ1) is 17.4. The van der Waals surface area contributed by atoms with E-state index in [-0.39, 0.29) is 12.0 Å². The van der Waals surface area contributed by atoms with Crippen molar-refractivity contribution in [1.29, 1.82) is 0 Å². The van der Waals surface area contributed by atoms with Crippen LogP contribution in [-0.2, 0) is 20.9 Å². The number of carbonyl (C=O) groups excluding carboxylic acids is 1. The van der Waals surface area contributed by atoms with Crippen LogP contribution in [0.1, 0.15) is 35.7 Å². The van der Waals surface area contributed by atoms with Gasteiger partial charge in [-0.05, 0) is 31.4 Å². The second-order valence-electron chi connectivity index (χ2n) is 5.71. The molecule has 0 unspecified atom stereocenters. The summed E-state index contributed by atoms with van der Waals surface area (Å²) in [6, 6.07) is 6.28. The number of rotatable bonds is 6. The molecule has 1 amide bonds. The molecule has 126 valence electrons. The van der Waals surface area contributed by atoms with Crippen LogP contribution in [-0.4, -0.2) is 54.3 Å². The molecule has 0 aromatic heterocycles. The number of aliphatic carboxylic acids is 1. The predicted octanol–water partition coefficient (Wildman–Crippen LogP) is 1.93. The van der Waals surface area contributed by atoms with Gasteiger partial charge in [0.05, 0.1) is 12.7 Å². The van der Waals surface area contributed by atoms with Crippen molar-refractivity contribution in [3.8, 4) is 0 Å². The Kier molecular flexibility index (Phi) is 6.12. The second kappa shape index (κ2) is 8.08.